The number of rotatable bonds is 2. The summed E-state index contributed by atoms with van der Waals surface area (Å²) >= 11 is 0. The smallest absolute Gasteiger partial charge is 0.185 e. The van der Waals surface area contributed by atoms with Crippen LogP contribution in [-0.2, 0) is 0 Å². The maximum Gasteiger partial charge on any atom is 0.185 e. The molecule has 0 atom stereocenters. The number of imidazole rings is 1. The van der Waals surface area contributed by atoms with E-state index < -0.39 is 0 Å². The number of aromatic nitrogens is 2. The Balaban J connectivity index is 2.12. The summed E-state index contributed by atoms with van der Waals surface area (Å²) in [6.07, 6.45) is 5.27. The van der Waals surface area contributed by atoms with Crippen molar-refractivity contribution < 1.29 is 4.79 Å². The van der Waals surface area contributed by atoms with E-state index in [1.807, 2.05) is 17.5 Å². The van der Waals surface area contributed by atoms with Crippen molar-refractivity contribution in [2.75, 3.05) is 18.0 Å². The minimum absolute atomic E-state index is 0.477. The van der Waals surface area contributed by atoms with Gasteiger partial charge in [0.1, 0.15) is 0 Å². The highest BCUT2D eigenvalue weighted by Gasteiger charge is 2.14. The molecule has 0 N–H and O–H groups in total. The molecule has 3 heterocycles. The lowest BCUT2D eigenvalue weighted by Gasteiger charge is -2.17. The van der Waals surface area contributed by atoms with Gasteiger partial charge in [-0.2, -0.15) is 0 Å². The van der Waals surface area contributed by atoms with Crippen molar-refractivity contribution in [2.45, 2.75) is 19.8 Å². The van der Waals surface area contributed by atoms with E-state index in [-0.39, 0.29) is 0 Å². The Morgan fingerprint density at radius 1 is 1.35 bits per heavy atom. The van der Waals surface area contributed by atoms with Gasteiger partial charge in [-0.1, -0.05) is 0 Å². The second-order valence-corrected chi connectivity index (χ2v) is 4.51. The van der Waals surface area contributed by atoms with Gasteiger partial charge in [-0.05, 0) is 31.9 Å². The molecule has 17 heavy (non-hydrogen) atoms. The summed E-state index contributed by atoms with van der Waals surface area (Å²) in [5.41, 5.74) is 3.17. The van der Waals surface area contributed by atoms with Crippen molar-refractivity contribution in [1.82, 2.24) is 9.38 Å². The average Bonchev–Trinajstić information content (AvgIpc) is 2.97. The summed E-state index contributed by atoms with van der Waals surface area (Å²) < 4.78 is 1.85. The fraction of sp³-hybridized carbons (Fsp3) is 0.385. The van der Waals surface area contributed by atoms with Crippen molar-refractivity contribution in [3.8, 4) is 0 Å². The molecule has 0 radical (unpaired) electrons. The summed E-state index contributed by atoms with van der Waals surface area (Å²) in [6, 6.07) is 4.19. The SMILES string of the molecule is Cc1nc(C=O)n2ccc(N3CCCC3)cc12. The number of carbonyl (C=O) groups is 1. The van der Waals surface area contributed by atoms with Crippen molar-refractivity contribution in [2.24, 2.45) is 0 Å². The largest absolute Gasteiger partial charge is 0.371 e. The third-order valence-electron chi connectivity index (χ3n) is 3.41. The predicted octanol–water partition coefficient (Wildman–Crippen LogP) is 2.06. The number of nitrogens with zero attached hydrogens (tertiary/aromatic N) is 3. The van der Waals surface area contributed by atoms with Gasteiger partial charge in [0.15, 0.2) is 12.1 Å². The minimum atomic E-state index is 0.477. The zero-order valence-corrected chi connectivity index (χ0v) is 9.89. The molecule has 3 rings (SSSR count). The normalized spacial score (nSPS) is 15.7. The summed E-state index contributed by atoms with van der Waals surface area (Å²) in [6.45, 7) is 4.20. The molecule has 0 bridgehead atoms. The Morgan fingerprint density at radius 3 is 2.82 bits per heavy atom. The molecule has 88 valence electrons. The first-order valence-corrected chi connectivity index (χ1v) is 5.98. The maximum absolute atomic E-state index is 10.9. The van der Waals surface area contributed by atoms with Crippen LogP contribution < -0.4 is 4.90 Å². The van der Waals surface area contributed by atoms with Crippen LogP contribution in [0.1, 0.15) is 29.2 Å². The van der Waals surface area contributed by atoms with Crippen molar-refractivity contribution in [1.29, 1.82) is 0 Å². The van der Waals surface area contributed by atoms with E-state index in [0.29, 0.717) is 5.82 Å². The van der Waals surface area contributed by atoms with Crippen LogP contribution in [0.2, 0.25) is 0 Å². The number of aldehydes is 1. The zero-order chi connectivity index (χ0) is 11.8. The predicted molar refractivity (Wildman–Crippen MR) is 66.8 cm³/mol. The molecule has 1 aliphatic rings. The number of carbonyl (C=O) groups excluding carboxylic acids is 1. The molecular formula is C13H15N3O. The van der Waals surface area contributed by atoms with Gasteiger partial charge >= 0.3 is 0 Å². The molecule has 1 fully saturated rings. The summed E-state index contributed by atoms with van der Waals surface area (Å²) in [4.78, 5) is 17.5. The van der Waals surface area contributed by atoms with E-state index in [2.05, 4.69) is 22.0 Å². The van der Waals surface area contributed by atoms with E-state index in [4.69, 9.17) is 0 Å². The fourth-order valence-corrected chi connectivity index (χ4v) is 2.51. The number of hydrogen-bond acceptors (Lipinski definition) is 3. The van der Waals surface area contributed by atoms with Gasteiger partial charge in [-0.25, -0.2) is 4.98 Å². The van der Waals surface area contributed by atoms with Gasteiger partial charge in [-0.15, -0.1) is 0 Å². The lowest BCUT2D eigenvalue weighted by atomic mass is 10.3. The minimum Gasteiger partial charge on any atom is -0.371 e. The highest BCUT2D eigenvalue weighted by atomic mass is 16.1. The Labute approximate surface area is 99.9 Å². The first kappa shape index (κ1) is 10.3. The molecule has 4 nitrogen and oxygen atoms in total. The van der Waals surface area contributed by atoms with Crippen LogP contribution in [0.4, 0.5) is 5.69 Å². The molecule has 0 saturated carbocycles. The maximum atomic E-state index is 10.9. The van der Waals surface area contributed by atoms with Crippen LogP contribution in [-0.4, -0.2) is 28.8 Å². The number of aryl methyl sites for hydroxylation is 1. The molecule has 2 aromatic rings. The first-order chi connectivity index (χ1) is 8.29. The molecule has 0 aromatic carbocycles. The second-order valence-electron chi connectivity index (χ2n) is 4.51. The Bertz CT molecular complexity index is 567. The summed E-state index contributed by atoms with van der Waals surface area (Å²) in [5.74, 6) is 0.477. The standard InChI is InChI=1S/C13H15N3O/c1-10-12-8-11(15-5-2-3-6-15)4-7-16(12)13(9-17)14-10/h4,7-9H,2-3,5-6H2,1H3. The van der Waals surface area contributed by atoms with Crippen LogP contribution in [0.15, 0.2) is 18.3 Å². The zero-order valence-electron chi connectivity index (χ0n) is 9.89. The van der Waals surface area contributed by atoms with E-state index >= 15 is 0 Å². The van der Waals surface area contributed by atoms with Gasteiger partial charge < -0.3 is 4.90 Å². The van der Waals surface area contributed by atoms with Crippen molar-refractivity contribution in [3.05, 3.63) is 29.8 Å². The van der Waals surface area contributed by atoms with Crippen LogP contribution >= 0.6 is 0 Å². The third-order valence-corrected chi connectivity index (χ3v) is 3.41. The fourth-order valence-electron chi connectivity index (χ4n) is 2.51. The molecular weight excluding hydrogens is 214 g/mol. The lowest BCUT2D eigenvalue weighted by molar-refractivity contribution is 0.111. The van der Waals surface area contributed by atoms with Gasteiger partial charge in [0.25, 0.3) is 0 Å². The van der Waals surface area contributed by atoms with E-state index in [1.165, 1.54) is 18.5 Å². The molecule has 0 spiro atoms. The number of hydrogen-bond donors (Lipinski definition) is 0. The van der Waals surface area contributed by atoms with Crippen molar-refractivity contribution in [3.63, 3.8) is 0 Å². The molecule has 1 saturated heterocycles. The Kier molecular flexibility index (Phi) is 2.35. The summed E-state index contributed by atoms with van der Waals surface area (Å²) in [5, 5.41) is 0. The van der Waals surface area contributed by atoms with Gasteiger partial charge in [0, 0.05) is 25.0 Å². The topological polar surface area (TPSA) is 37.6 Å². The number of pyridine rings is 1. The first-order valence-electron chi connectivity index (χ1n) is 5.98. The van der Waals surface area contributed by atoms with E-state index in [1.54, 1.807) is 0 Å². The van der Waals surface area contributed by atoms with Crippen LogP contribution in [0.25, 0.3) is 5.52 Å². The molecule has 1 aliphatic heterocycles. The monoisotopic (exact) mass is 229 g/mol. The number of fused-ring (bicyclic) bond motifs is 1. The van der Waals surface area contributed by atoms with Crippen LogP contribution in [0.3, 0.4) is 0 Å². The molecule has 0 aliphatic carbocycles. The average molecular weight is 229 g/mol. The molecule has 2 aromatic heterocycles. The highest BCUT2D eigenvalue weighted by Crippen LogP contribution is 2.23. The van der Waals surface area contributed by atoms with E-state index in [0.717, 1.165) is 30.6 Å². The molecule has 0 unspecified atom stereocenters. The van der Waals surface area contributed by atoms with Crippen LogP contribution in [0, 0.1) is 6.92 Å². The summed E-state index contributed by atoms with van der Waals surface area (Å²) in [7, 11) is 0. The second kappa shape index (κ2) is 3.87. The van der Waals surface area contributed by atoms with Gasteiger partial charge in [0.2, 0.25) is 0 Å². The van der Waals surface area contributed by atoms with Gasteiger partial charge in [-0.3, -0.25) is 9.20 Å². The highest BCUT2D eigenvalue weighted by molar-refractivity contribution is 5.75. The van der Waals surface area contributed by atoms with E-state index in [9.17, 15) is 4.79 Å². The van der Waals surface area contributed by atoms with Crippen molar-refractivity contribution >= 4 is 17.5 Å². The quantitative estimate of drug-likeness (QED) is 0.740. The third kappa shape index (κ3) is 1.60. The molecule has 4 heteroatoms. The molecule has 0 amide bonds. The number of anilines is 1. The lowest BCUT2D eigenvalue weighted by Crippen LogP contribution is -2.17. The Morgan fingerprint density at radius 2 is 2.12 bits per heavy atom. The van der Waals surface area contributed by atoms with Crippen LogP contribution in [0.5, 0.6) is 0 Å². The Hall–Kier alpha value is -1.84. The van der Waals surface area contributed by atoms with Gasteiger partial charge in [0.05, 0.1) is 11.2 Å².